The van der Waals surface area contributed by atoms with E-state index < -0.39 is 17.5 Å². The topological polar surface area (TPSA) is 88.8 Å². The average Bonchev–Trinajstić information content (AvgIpc) is 3.30. The first-order valence-corrected chi connectivity index (χ1v) is 9.67. The van der Waals surface area contributed by atoms with Crippen LogP contribution in [0.2, 0.25) is 0 Å². The quantitative estimate of drug-likeness (QED) is 0.828. The van der Waals surface area contributed by atoms with Gasteiger partial charge in [-0.2, -0.15) is 0 Å². The van der Waals surface area contributed by atoms with Crippen LogP contribution in [0.4, 0.5) is 19.6 Å². The van der Waals surface area contributed by atoms with Gasteiger partial charge < -0.3 is 20.3 Å². The van der Waals surface area contributed by atoms with Crippen molar-refractivity contribution < 1.29 is 23.1 Å². The summed E-state index contributed by atoms with van der Waals surface area (Å²) in [6, 6.07) is 2.40. The number of thiazole rings is 1. The van der Waals surface area contributed by atoms with Crippen LogP contribution in [0.5, 0.6) is 0 Å². The lowest BCUT2D eigenvalue weighted by Gasteiger charge is -2.26. The van der Waals surface area contributed by atoms with Crippen LogP contribution < -0.4 is 15.5 Å². The molecule has 1 fully saturated rings. The third-order valence-electron chi connectivity index (χ3n) is 4.86. The Balaban J connectivity index is 1.58. The lowest BCUT2D eigenvalue weighted by molar-refractivity contribution is -0.117. The van der Waals surface area contributed by atoms with Crippen LogP contribution in [0.1, 0.15) is 20.9 Å². The molecule has 148 valence electrons. The molecule has 28 heavy (non-hydrogen) atoms. The monoisotopic (exact) mass is 408 g/mol. The van der Waals surface area contributed by atoms with E-state index in [1.54, 1.807) is 0 Å². The second-order valence-electron chi connectivity index (χ2n) is 6.57. The number of hydrogen-bond donors (Lipinski definition) is 1. The molecule has 1 aromatic heterocycles. The first-order chi connectivity index (χ1) is 13.5. The molecule has 0 spiro atoms. The number of primary amides is 1. The van der Waals surface area contributed by atoms with Gasteiger partial charge in [-0.25, -0.2) is 13.8 Å². The number of aromatic nitrogens is 1. The molecular weight excluding hydrogens is 390 g/mol. The van der Waals surface area contributed by atoms with Crippen LogP contribution in [0.25, 0.3) is 0 Å². The molecule has 2 aromatic rings. The lowest BCUT2D eigenvalue weighted by Crippen LogP contribution is -2.36. The number of anilines is 2. The first-order valence-electron chi connectivity index (χ1n) is 8.85. The van der Waals surface area contributed by atoms with Crippen molar-refractivity contribution in [1.29, 1.82) is 0 Å². The number of nitrogens with two attached hydrogens (primary N) is 1. The normalized spacial score (nSPS) is 16.4. The van der Waals surface area contributed by atoms with Crippen molar-refractivity contribution in [3.8, 4) is 0 Å². The van der Waals surface area contributed by atoms with E-state index in [0.29, 0.717) is 42.8 Å². The Hall–Kier alpha value is -2.59. The van der Waals surface area contributed by atoms with Crippen LogP contribution in [-0.4, -0.2) is 49.6 Å². The number of carbonyl (C=O) groups is 2. The Kier molecular flexibility index (Phi) is 4.98. The van der Waals surface area contributed by atoms with Crippen molar-refractivity contribution in [1.82, 2.24) is 4.98 Å². The maximum absolute atomic E-state index is 13.9. The molecule has 2 aliphatic rings. The molecule has 10 heteroatoms. The second-order valence-corrected chi connectivity index (χ2v) is 7.54. The molecule has 3 heterocycles. The summed E-state index contributed by atoms with van der Waals surface area (Å²) in [5, 5.41) is 0.620. The van der Waals surface area contributed by atoms with Gasteiger partial charge >= 0.3 is 0 Å². The molecule has 2 aliphatic heterocycles. The van der Waals surface area contributed by atoms with Crippen molar-refractivity contribution in [2.24, 2.45) is 5.73 Å². The molecule has 1 aromatic carbocycles. The molecule has 2 N–H and O–H groups in total. The van der Waals surface area contributed by atoms with Gasteiger partial charge in [0.2, 0.25) is 5.91 Å². The summed E-state index contributed by atoms with van der Waals surface area (Å²) < 4.78 is 32.7. The van der Waals surface area contributed by atoms with E-state index >= 15 is 0 Å². The van der Waals surface area contributed by atoms with Gasteiger partial charge in [0.05, 0.1) is 31.0 Å². The highest BCUT2D eigenvalue weighted by molar-refractivity contribution is 7.17. The number of ether oxygens (including phenoxy) is 1. The van der Waals surface area contributed by atoms with Crippen LogP contribution in [0.3, 0.4) is 0 Å². The summed E-state index contributed by atoms with van der Waals surface area (Å²) in [6.45, 7) is 2.66. The fourth-order valence-corrected chi connectivity index (χ4v) is 4.44. The Morgan fingerprint density at radius 2 is 1.96 bits per heavy atom. The van der Waals surface area contributed by atoms with Gasteiger partial charge in [0.25, 0.3) is 5.91 Å². The maximum Gasteiger partial charge on any atom is 0.260 e. The molecule has 0 saturated carbocycles. The highest BCUT2D eigenvalue weighted by atomic mass is 32.1. The fraction of sp³-hybridized carbons (Fsp3) is 0.389. The number of hydrogen-bond acceptors (Lipinski definition) is 6. The number of halogens is 2. The Bertz CT molecular complexity index is 943. The van der Waals surface area contributed by atoms with E-state index in [1.165, 1.54) is 11.0 Å². The summed E-state index contributed by atoms with van der Waals surface area (Å²) >= 11 is 1.15. The minimum absolute atomic E-state index is 0.141. The molecule has 0 radical (unpaired) electrons. The Morgan fingerprint density at radius 1 is 1.21 bits per heavy atom. The van der Waals surface area contributed by atoms with Gasteiger partial charge in [0.15, 0.2) is 16.8 Å². The maximum atomic E-state index is 13.9. The van der Waals surface area contributed by atoms with Crippen molar-refractivity contribution in [3.63, 3.8) is 0 Å². The van der Waals surface area contributed by atoms with Gasteiger partial charge in [-0.15, -0.1) is 0 Å². The van der Waals surface area contributed by atoms with E-state index in [0.717, 1.165) is 17.4 Å². The highest BCUT2D eigenvalue weighted by Gasteiger charge is 2.30. The zero-order valence-corrected chi connectivity index (χ0v) is 15.7. The average molecular weight is 408 g/mol. The van der Waals surface area contributed by atoms with Gasteiger partial charge in [-0.05, 0) is 18.6 Å². The SMILES string of the molecule is NC(=O)c1sc(N2CCOCC2)nc1CC(=O)N1CCc2c1ccc(F)c2F. The number of carbonyl (C=O) groups excluding carboxylic acids is 2. The van der Waals surface area contributed by atoms with Gasteiger partial charge in [0, 0.05) is 25.2 Å². The van der Waals surface area contributed by atoms with Crippen LogP contribution in [0.15, 0.2) is 12.1 Å². The molecular formula is C18H18F2N4O3S. The summed E-state index contributed by atoms with van der Waals surface area (Å²) in [6.07, 6.45) is 0.0982. The molecule has 0 unspecified atom stereocenters. The number of morpholine rings is 1. The third-order valence-corrected chi connectivity index (χ3v) is 6.03. The van der Waals surface area contributed by atoms with Crippen LogP contribution in [0, 0.1) is 11.6 Å². The standard InChI is InChI=1S/C18H18F2N4O3S/c19-11-1-2-13-10(15(11)20)3-4-24(13)14(25)9-12-16(17(21)26)28-18(22-12)23-5-7-27-8-6-23/h1-2H,3-9H2,(H2,21,26). The number of rotatable bonds is 4. The molecule has 4 rings (SSSR count). The zero-order valence-electron chi connectivity index (χ0n) is 14.9. The van der Waals surface area contributed by atoms with Gasteiger partial charge in [-0.3, -0.25) is 9.59 Å². The van der Waals surface area contributed by atoms with Crippen molar-refractivity contribution in [2.75, 3.05) is 42.6 Å². The summed E-state index contributed by atoms with van der Waals surface area (Å²) in [4.78, 5) is 32.7. The lowest BCUT2D eigenvalue weighted by atomic mass is 10.1. The van der Waals surface area contributed by atoms with Crippen LogP contribution in [-0.2, 0) is 22.4 Å². The van der Waals surface area contributed by atoms with Gasteiger partial charge in [0.1, 0.15) is 4.88 Å². The van der Waals surface area contributed by atoms with E-state index in [9.17, 15) is 18.4 Å². The minimum atomic E-state index is -0.932. The third kappa shape index (κ3) is 3.33. The second kappa shape index (κ2) is 7.44. The number of benzene rings is 1. The molecule has 0 aliphatic carbocycles. The molecule has 2 amide bonds. The fourth-order valence-electron chi connectivity index (χ4n) is 3.46. The smallest absolute Gasteiger partial charge is 0.260 e. The van der Waals surface area contributed by atoms with Crippen LogP contribution >= 0.6 is 11.3 Å². The number of fused-ring (bicyclic) bond motifs is 1. The van der Waals surface area contributed by atoms with E-state index in [4.69, 9.17) is 10.5 Å². The van der Waals surface area contributed by atoms with Crippen molar-refractivity contribution >= 4 is 34.0 Å². The molecule has 1 saturated heterocycles. The summed E-state index contributed by atoms with van der Waals surface area (Å²) in [5.74, 6) is -2.84. The Morgan fingerprint density at radius 3 is 2.68 bits per heavy atom. The van der Waals surface area contributed by atoms with Gasteiger partial charge in [-0.1, -0.05) is 11.3 Å². The van der Waals surface area contributed by atoms with E-state index in [1.807, 2.05) is 4.90 Å². The molecule has 0 atom stereocenters. The zero-order chi connectivity index (χ0) is 19.8. The summed E-state index contributed by atoms with van der Waals surface area (Å²) in [7, 11) is 0. The van der Waals surface area contributed by atoms with E-state index in [-0.39, 0.29) is 35.7 Å². The molecule has 7 nitrogen and oxygen atoms in total. The largest absolute Gasteiger partial charge is 0.378 e. The Labute approximate surface area is 163 Å². The number of amides is 2. The predicted octanol–water partition coefficient (Wildman–Crippen LogP) is 1.49. The first kappa shape index (κ1) is 18.8. The highest BCUT2D eigenvalue weighted by Crippen LogP contribution is 2.33. The summed E-state index contributed by atoms with van der Waals surface area (Å²) in [5.41, 5.74) is 6.32. The van der Waals surface area contributed by atoms with Crippen molar-refractivity contribution in [3.05, 3.63) is 39.9 Å². The van der Waals surface area contributed by atoms with Crippen molar-refractivity contribution in [2.45, 2.75) is 12.8 Å². The number of nitrogens with zero attached hydrogens (tertiary/aromatic N) is 3. The minimum Gasteiger partial charge on any atom is -0.378 e. The molecule has 0 bridgehead atoms. The predicted molar refractivity (Wildman–Crippen MR) is 99.8 cm³/mol. The van der Waals surface area contributed by atoms with E-state index in [2.05, 4.69) is 4.98 Å².